The first-order chi connectivity index (χ1) is 9.28. The van der Waals surface area contributed by atoms with Crippen LogP contribution in [0.4, 0.5) is 4.39 Å². The molecule has 19 heavy (non-hydrogen) atoms. The number of benzene rings is 2. The van der Waals surface area contributed by atoms with Crippen LogP contribution in [0.2, 0.25) is 0 Å². The van der Waals surface area contributed by atoms with Crippen LogP contribution in [0.3, 0.4) is 0 Å². The number of halogens is 1. The summed E-state index contributed by atoms with van der Waals surface area (Å²) >= 11 is 0. The highest BCUT2D eigenvalue weighted by Crippen LogP contribution is 2.33. The number of fused-ring (bicyclic) bond motifs is 1. The van der Waals surface area contributed by atoms with Gasteiger partial charge in [-0.3, -0.25) is 0 Å². The molecule has 1 aliphatic carbocycles. The van der Waals surface area contributed by atoms with Crippen LogP contribution < -0.4 is 5.32 Å². The van der Waals surface area contributed by atoms with Gasteiger partial charge in [-0.1, -0.05) is 24.3 Å². The number of hydrogen-bond donors (Lipinski definition) is 1. The quantitative estimate of drug-likeness (QED) is 0.852. The van der Waals surface area contributed by atoms with Crippen molar-refractivity contribution in [2.45, 2.75) is 25.3 Å². The zero-order chi connectivity index (χ0) is 13.2. The number of aryl methyl sites for hydroxylation is 1. The molecule has 2 aromatic rings. The molecular formula is C17H18FN. The zero-order valence-electron chi connectivity index (χ0n) is 11.1. The van der Waals surface area contributed by atoms with Crippen LogP contribution in [0.5, 0.6) is 0 Å². The topological polar surface area (TPSA) is 12.0 Å². The molecular weight excluding hydrogens is 237 g/mol. The SMILES string of the molecule is CNC1CCCc2ccc(-c3ccc(F)cc3)cc21. The molecule has 1 N–H and O–H groups in total. The largest absolute Gasteiger partial charge is 0.313 e. The van der Waals surface area contributed by atoms with Crippen molar-refractivity contribution in [3.05, 3.63) is 59.4 Å². The number of nitrogens with one attached hydrogen (secondary N) is 1. The molecule has 1 nitrogen and oxygen atoms in total. The highest BCUT2D eigenvalue weighted by molar-refractivity contribution is 5.65. The normalized spacial score (nSPS) is 18.1. The summed E-state index contributed by atoms with van der Waals surface area (Å²) in [4.78, 5) is 0. The Morgan fingerprint density at radius 1 is 1.05 bits per heavy atom. The van der Waals surface area contributed by atoms with Crippen LogP contribution in [0.1, 0.15) is 30.0 Å². The van der Waals surface area contributed by atoms with Gasteiger partial charge < -0.3 is 5.32 Å². The van der Waals surface area contributed by atoms with E-state index in [1.54, 1.807) is 0 Å². The van der Waals surface area contributed by atoms with Crippen molar-refractivity contribution in [3.8, 4) is 11.1 Å². The fraction of sp³-hybridized carbons (Fsp3) is 0.294. The predicted molar refractivity (Wildman–Crippen MR) is 76.6 cm³/mol. The van der Waals surface area contributed by atoms with Crippen molar-refractivity contribution in [1.82, 2.24) is 5.32 Å². The fourth-order valence-electron chi connectivity index (χ4n) is 2.92. The van der Waals surface area contributed by atoms with E-state index in [0.29, 0.717) is 6.04 Å². The van der Waals surface area contributed by atoms with Crippen molar-refractivity contribution in [2.75, 3.05) is 7.05 Å². The molecule has 1 aliphatic rings. The highest BCUT2D eigenvalue weighted by Gasteiger charge is 2.18. The van der Waals surface area contributed by atoms with Gasteiger partial charge >= 0.3 is 0 Å². The standard InChI is InChI=1S/C17H18FN/c1-19-17-4-2-3-13-5-6-14(11-16(13)17)12-7-9-15(18)10-8-12/h5-11,17,19H,2-4H2,1H3. The summed E-state index contributed by atoms with van der Waals surface area (Å²) in [6, 6.07) is 13.8. The van der Waals surface area contributed by atoms with E-state index in [2.05, 4.69) is 23.5 Å². The number of hydrogen-bond acceptors (Lipinski definition) is 1. The minimum absolute atomic E-state index is 0.185. The lowest BCUT2D eigenvalue weighted by atomic mass is 9.85. The van der Waals surface area contributed by atoms with Gasteiger partial charge in [0.15, 0.2) is 0 Å². The van der Waals surface area contributed by atoms with E-state index in [0.717, 1.165) is 12.0 Å². The molecule has 0 amide bonds. The van der Waals surface area contributed by atoms with E-state index in [-0.39, 0.29) is 5.82 Å². The van der Waals surface area contributed by atoms with Crippen molar-refractivity contribution in [3.63, 3.8) is 0 Å². The van der Waals surface area contributed by atoms with E-state index in [9.17, 15) is 4.39 Å². The lowest BCUT2D eigenvalue weighted by Gasteiger charge is -2.25. The molecule has 1 unspecified atom stereocenters. The second kappa shape index (κ2) is 5.14. The predicted octanol–water partition coefficient (Wildman–Crippen LogP) is 4.09. The molecule has 98 valence electrons. The van der Waals surface area contributed by atoms with E-state index >= 15 is 0 Å². The Kier molecular flexibility index (Phi) is 3.34. The van der Waals surface area contributed by atoms with Crippen LogP contribution in [0.25, 0.3) is 11.1 Å². The third-order valence-electron chi connectivity index (χ3n) is 3.99. The van der Waals surface area contributed by atoms with Gasteiger partial charge in [-0.15, -0.1) is 0 Å². The van der Waals surface area contributed by atoms with Gasteiger partial charge in [0, 0.05) is 6.04 Å². The van der Waals surface area contributed by atoms with Gasteiger partial charge in [-0.2, -0.15) is 0 Å². The zero-order valence-corrected chi connectivity index (χ0v) is 11.1. The summed E-state index contributed by atoms with van der Waals surface area (Å²) in [6.45, 7) is 0. The first-order valence-electron chi connectivity index (χ1n) is 6.84. The van der Waals surface area contributed by atoms with E-state index in [1.165, 1.54) is 41.7 Å². The van der Waals surface area contributed by atoms with Gasteiger partial charge in [0.25, 0.3) is 0 Å². The molecule has 3 rings (SSSR count). The molecule has 1 atom stereocenters. The van der Waals surface area contributed by atoms with Gasteiger partial charge in [0.05, 0.1) is 0 Å². The van der Waals surface area contributed by atoms with Crippen molar-refractivity contribution in [1.29, 1.82) is 0 Å². The number of rotatable bonds is 2. The minimum Gasteiger partial charge on any atom is -0.313 e. The molecule has 0 aliphatic heterocycles. The summed E-state index contributed by atoms with van der Waals surface area (Å²) in [5, 5.41) is 3.39. The molecule has 0 heterocycles. The van der Waals surface area contributed by atoms with Crippen molar-refractivity contribution in [2.24, 2.45) is 0 Å². The minimum atomic E-state index is -0.185. The Morgan fingerprint density at radius 2 is 1.79 bits per heavy atom. The average Bonchev–Trinajstić information content (AvgIpc) is 2.47. The monoisotopic (exact) mass is 255 g/mol. The average molecular weight is 255 g/mol. The lowest BCUT2D eigenvalue weighted by molar-refractivity contribution is 0.497. The molecule has 2 aromatic carbocycles. The maximum atomic E-state index is 13.0. The van der Waals surface area contributed by atoms with Crippen LogP contribution >= 0.6 is 0 Å². The third-order valence-corrected chi connectivity index (χ3v) is 3.99. The second-order valence-electron chi connectivity index (χ2n) is 5.15. The summed E-state index contributed by atoms with van der Waals surface area (Å²) in [6.07, 6.45) is 3.60. The molecule has 2 heteroatoms. The van der Waals surface area contributed by atoms with E-state index in [1.807, 2.05) is 19.2 Å². The molecule has 0 fully saturated rings. The van der Waals surface area contributed by atoms with Gasteiger partial charge in [0.2, 0.25) is 0 Å². The Bertz CT molecular complexity index is 574. The summed E-state index contributed by atoms with van der Waals surface area (Å²) in [7, 11) is 2.02. The summed E-state index contributed by atoms with van der Waals surface area (Å²) in [5.41, 5.74) is 5.08. The first kappa shape index (κ1) is 12.4. The Labute approximate surface area is 113 Å². The maximum absolute atomic E-state index is 13.0. The van der Waals surface area contributed by atoms with Crippen molar-refractivity contribution < 1.29 is 4.39 Å². The van der Waals surface area contributed by atoms with Crippen LogP contribution in [0, 0.1) is 5.82 Å². The maximum Gasteiger partial charge on any atom is 0.123 e. The molecule has 0 saturated carbocycles. The molecule has 0 bridgehead atoms. The van der Waals surface area contributed by atoms with Crippen molar-refractivity contribution >= 4 is 0 Å². The van der Waals surface area contributed by atoms with Gasteiger partial charge in [-0.25, -0.2) is 4.39 Å². The smallest absolute Gasteiger partial charge is 0.123 e. The second-order valence-corrected chi connectivity index (χ2v) is 5.15. The molecule has 0 spiro atoms. The lowest BCUT2D eigenvalue weighted by Crippen LogP contribution is -2.21. The Balaban J connectivity index is 2.02. The summed E-state index contributed by atoms with van der Waals surface area (Å²) < 4.78 is 13.0. The molecule has 0 saturated heterocycles. The Morgan fingerprint density at radius 3 is 2.53 bits per heavy atom. The summed E-state index contributed by atoms with van der Waals surface area (Å²) in [5.74, 6) is -0.185. The molecule has 0 radical (unpaired) electrons. The van der Waals surface area contributed by atoms with Crippen LogP contribution in [-0.2, 0) is 6.42 Å². The van der Waals surface area contributed by atoms with Crippen LogP contribution in [-0.4, -0.2) is 7.05 Å². The third kappa shape index (κ3) is 2.41. The molecule has 0 aromatic heterocycles. The van der Waals surface area contributed by atoms with Gasteiger partial charge in [0.1, 0.15) is 5.82 Å². The van der Waals surface area contributed by atoms with Crippen LogP contribution in [0.15, 0.2) is 42.5 Å². The van der Waals surface area contributed by atoms with Gasteiger partial charge in [-0.05, 0) is 66.8 Å². The first-order valence-corrected chi connectivity index (χ1v) is 6.84. The fourth-order valence-corrected chi connectivity index (χ4v) is 2.92. The van der Waals surface area contributed by atoms with E-state index < -0.39 is 0 Å². The Hall–Kier alpha value is -1.67. The highest BCUT2D eigenvalue weighted by atomic mass is 19.1. The van der Waals surface area contributed by atoms with E-state index in [4.69, 9.17) is 0 Å².